The Hall–Kier alpha value is -2.63. The first kappa shape index (κ1) is 14.0. The lowest BCUT2D eigenvalue weighted by atomic mass is 9.81. The molecule has 2 N–H and O–H groups in total. The molecule has 0 aromatic heterocycles. The minimum Gasteiger partial charge on any atom is -0.322 e. The quantitative estimate of drug-likeness (QED) is 0.814. The lowest BCUT2D eigenvalue weighted by Crippen LogP contribution is -2.22. The number of urea groups is 1. The summed E-state index contributed by atoms with van der Waals surface area (Å²) in [5.74, 6) is 0.566. The van der Waals surface area contributed by atoms with Crippen LogP contribution in [0.15, 0.2) is 41.5 Å². The molecule has 3 aliphatic rings. The van der Waals surface area contributed by atoms with Gasteiger partial charge in [0.2, 0.25) is 0 Å². The van der Waals surface area contributed by atoms with Crippen molar-refractivity contribution in [2.24, 2.45) is 11.0 Å². The number of hydrogen-bond acceptors (Lipinski definition) is 4. The Bertz CT molecular complexity index is 723. The van der Waals surface area contributed by atoms with Gasteiger partial charge in [0.1, 0.15) is 6.04 Å². The number of fused-ring (bicyclic) bond motifs is 1. The van der Waals surface area contributed by atoms with E-state index in [9.17, 15) is 9.59 Å². The van der Waals surface area contributed by atoms with E-state index in [4.69, 9.17) is 0 Å². The molecule has 23 heavy (non-hydrogen) atoms. The predicted octanol–water partition coefficient (Wildman–Crippen LogP) is 1.53. The fourth-order valence-electron chi connectivity index (χ4n) is 3.53. The number of allylic oxidation sites excluding steroid dienone is 2. The van der Waals surface area contributed by atoms with E-state index in [1.807, 2.05) is 36.3 Å². The van der Waals surface area contributed by atoms with Crippen LogP contribution in [0.5, 0.6) is 0 Å². The molecule has 1 fully saturated rings. The zero-order valence-corrected chi connectivity index (χ0v) is 12.8. The Balaban J connectivity index is 1.51. The highest BCUT2D eigenvalue weighted by Crippen LogP contribution is 2.33. The van der Waals surface area contributed by atoms with E-state index < -0.39 is 12.1 Å². The van der Waals surface area contributed by atoms with Crippen molar-refractivity contribution in [3.63, 3.8) is 0 Å². The number of imide groups is 1. The maximum atomic E-state index is 11.7. The summed E-state index contributed by atoms with van der Waals surface area (Å²) in [4.78, 5) is 22.9. The minimum atomic E-state index is -0.583. The third-order valence-corrected chi connectivity index (χ3v) is 4.70. The molecule has 0 saturated carbocycles. The Kier molecular flexibility index (Phi) is 3.18. The molecular formula is C17H18N4O2. The van der Waals surface area contributed by atoms with Crippen LogP contribution in [0.4, 0.5) is 4.79 Å². The Morgan fingerprint density at radius 2 is 1.91 bits per heavy atom. The molecule has 6 nitrogen and oxygen atoms in total. The summed E-state index contributed by atoms with van der Waals surface area (Å²) in [6, 6.07) is 6.91. The van der Waals surface area contributed by atoms with Gasteiger partial charge in [-0.1, -0.05) is 30.3 Å². The van der Waals surface area contributed by atoms with E-state index in [1.165, 1.54) is 11.3 Å². The number of benzene rings is 1. The standard InChI is InChI=1S/C17H18N4O2/c1-21-9-13-8-12(6-7-14(13)20-21)10-2-4-11(5-3-10)15-16(22)19-17(23)18-15/h2-7,12-13,15H,8-9H2,1H3,(H2,18,19,22,23). The molecule has 3 amide bonds. The number of amides is 3. The Labute approximate surface area is 134 Å². The molecule has 2 heterocycles. The Morgan fingerprint density at radius 3 is 2.61 bits per heavy atom. The maximum absolute atomic E-state index is 11.7. The second-order valence-corrected chi connectivity index (χ2v) is 6.33. The molecular weight excluding hydrogens is 292 g/mol. The number of carbonyl (C=O) groups excluding carboxylic acids is 2. The smallest absolute Gasteiger partial charge is 0.322 e. The number of hydrogen-bond donors (Lipinski definition) is 2. The van der Waals surface area contributed by atoms with Gasteiger partial charge in [-0.3, -0.25) is 15.1 Å². The third kappa shape index (κ3) is 2.50. The molecule has 1 aromatic carbocycles. The van der Waals surface area contributed by atoms with E-state index in [2.05, 4.69) is 27.9 Å². The highest BCUT2D eigenvalue weighted by molar-refractivity contribution is 6.04. The lowest BCUT2D eigenvalue weighted by molar-refractivity contribution is -0.120. The number of carbonyl (C=O) groups is 2. The van der Waals surface area contributed by atoms with E-state index in [-0.39, 0.29) is 5.91 Å². The van der Waals surface area contributed by atoms with Crippen molar-refractivity contribution >= 4 is 17.6 Å². The molecule has 1 saturated heterocycles. The van der Waals surface area contributed by atoms with Crippen LogP contribution >= 0.6 is 0 Å². The van der Waals surface area contributed by atoms with Crippen molar-refractivity contribution in [1.29, 1.82) is 0 Å². The minimum absolute atomic E-state index is 0.296. The first-order chi connectivity index (χ1) is 11.1. The second kappa shape index (κ2) is 5.22. The summed E-state index contributed by atoms with van der Waals surface area (Å²) in [5.41, 5.74) is 3.20. The van der Waals surface area contributed by atoms with Crippen molar-refractivity contribution in [2.45, 2.75) is 18.4 Å². The van der Waals surface area contributed by atoms with Gasteiger partial charge in [-0.2, -0.15) is 5.10 Å². The first-order valence-electron chi connectivity index (χ1n) is 7.79. The van der Waals surface area contributed by atoms with Gasteiger partial charge in [0.15, 0.2) is 0 Å². The topological polar surface area (TPSA) is 73.8 Å². The van der Waals surface area contributed by atoms with Crippen LogP contribution in [0.2, 0.25) is 0 Å². The van der Waals surface area contributed by atoms with Crippen molar-refractivity contribution in [3.8, 4) is 0 Å². The van der Waals surface area contributed by atoms with Crippen LogP contribution in [0.3, 0.4) is 0 Å². The zero-order valence-electron chi connectivity index (χ0n) is 12.8. The number of nitrogens with zero attached hydrogens (tertiary/aromatic N) is 2. The van der Waals surface area contributed by atoms with E-state index in [1.54, 1.807) is 0 Å². The lowest BCUT2D eigenvalue weighted by Gasteiger charge is -2.23. The van der Waals surface area contributed by atoms with Crippen LogP contribution in [-0.2, 0) is 4.79 Å². The van der Waals surface area contributed by atoms with E-state index in [0.29, 0.717) is 11.8 Å². The average Bonchev–Trinajstić information content (AvgIpc) is 3.07. The van der Waals surface area contributed by atoms with Gasteiger partial charge in [0, 0.05) is 25.4 Å². The summed E-state index contributed by atoms with van der Waals surface area (Å²) in [6.07, 6.45) is 5.38. The fourth-order valence-corrected chi connectivity index (χ4v) is 3.53. The second-order valence-electron chi connectivity index (χ2n) is 6.33. The molecule has 2 aliphatic heterocycles. The number of hydrazone groups is 1. The van der Waals surface area contributed by atoms with Crippen LogP contribution in [0.1, 0.15) is 29.5 Å². The number of rotatable bonds is 2. The summed E-state index contributed by atoms with van der Waals surface area (Å²) >= 11 is 0. The summed E-state index contributed by atoms with van der Waals surface area (Å²) in [5, 5.41) is 11.4. The molecule has 1 aromatic rings. The van der Waals surface area contributed by atoms with Gasteiger partial charge in [0.05, 0.1) is 5.71 Å². The van der Waals surface area contributed by atoms with Gasteiger partial charge in [-0.15, -0.1) is 0 Å². The largest absolute Gasteiger partial charge is 0.322 e. The van der Waals surface area contributed by atoms with Gasteiger partial charge >= 0.3 is 6.03 Å². The van der Waals surface area contributed by atoms with Crippen molar-refractivity contribution in [3.05, 3.63) is 47.5 Å². The molecule has 6 heteroatoms. The van der Waals surface area contributed by atoms with Gasteiger partial charge in [0.25, 0.3) is 5.91 Å². The normalized spacial score (nSPS) is 29.2. The molecule has 0 bridgehead atoms. The van der Waals surface area contributed by atoms with Crippen molar-refractivity contribution in [1.82, 2.24) is 15.6 Å². The van der Waals surface area contributed by atoms with Crippen LogP contribution in [0.25, 0.3) is 0 Å². The predicted molar refractivity (Wildman–Crippen MR) is 85.9 cm³/mol. The van der Waals surface area contributed by atoms with Crippen molar-refractivity contribution < 1.29 is 9.59 Å². The molecule has 4 rings (SSSR count). The summed E-state index contributed by atoms with van der Waals surface area (Å²) in [6.45, 7) is 0.975. The molecule has 1 aliphatic carbocycles. The first-order valence-corrected chi connectivity index (χ1v) is 7.79. The SMILES string of the molecule is CN1CC2CC(c3ccc(C4NC(=O)NC4=O)cc3)C=CC2=N1. The van der Waals surface area contributed by atoms with Crippen LogP contribution in [0, 0.1) is 5.92 Å². The molecule has 0 radical (unpaired) electrons. The van der Waals surface area contributed by atoms with Gasteiger partial charge < -0.3 is 5.32 Å². The van der Waals surface area contributed by atoms with Crippen LogP contribution in [-0.4, -0.2) is 36.3 Å². The molecule has 3 unspecified atom stereocenters. The summed E-state index contributed by atoms with van der Waals surface area (Å²) in [7, 11) is 2.00. The summed E-state index contributed by atoms with van der Waals surface area (Å²) < 4.78 is 0. The van der Waals surface area contributed by atoms with Crippen molar-refractivity contribution in [2.75, 3.05) is 13.6 Å². The van der Waals surface area contributed by atoms with Gasteiger partial charge in [-0.05, 0) is 23.6 Å². The van der Waals surface area contributed by atoms with E-state index >= 15 is 0 Å². The average molecular weight is 310 g/mol. The number of nitrogens with one attached hydrogen (secondary N) is 2. The fraction of sp³-hybridized carbons (Fsp3) is 0.353. The third-order valence-electron chi connectivity index (χ3n) is 4.70. The van der Waals surface area contributed by atoms with Crippen LogP contribution < -0.4 is 10.6 Å². The molecule has 118 valence electrons. The maximum Gasteiger partial charge on any atom is 0.322 e. The highest BCUT2D eigenvalue weighted by Gasteiger charge is 2.32. The van der Waals surface area contributed by atoms with E-state index in [0.717, 1.165) is 18.5 Å². The zero-order chi connectivity index (χ0) is 16.0. The molecule has 0 spiro atoms. The monoisotopic (exact) mass is 310 g/mol. The molecule has 3 atom stereocenters. The Morgan fingerprint density at radius 1 is 1.17 bits per heavy atom. The highest BCUT2D eigenvalue weighted by atomic mass is 16.2. The van der Waals surface area contributed by atoms with Gasteiger partial charge in [-0.25, -0.2) is 4.79 Å².